The second-order valence-electron chi connectivity index (χ2n) is 8.49. The number of hydrogen-bond acceptors (Lipinski definition) is 7. The van der Waals surface area contributed by atoms with Crippen LogP contribution in [0.1, 0.15) is 6.42 Å². The van der Waals surface area contributed by atoms with Crippen molar-refractivity contribution in [2.45, 2.75) is 6.42 Å². The van der Waals surface area contributed by atoms with Crippen LogP contribution in [0.15, 0.2) is 30.4 Å². The number of anilines is 2. The topological polar surface area (TPSA) is 107 Å². The summed E-state index contributed by atoms with van der Waals surface area (Å²) in [4.78, 5) is 42.6. The van der Waals surface area contributed by atoms with Crippen LogP contribution in [0.4, 0.5) is 17.1 Å². The number of nitrogens with zero attached hydrogens (tertiary/aromatic N) is 4. The molecule has 0 unspecified atom stereocenters. The van der Waals surface area contributed by atoms with E-state index in [-0.39, 0.29) is 53.5 Å². The van der Waals surface area contributed by atoms with Crippen LogP contribution in [0.5, 0.6) is 0 Å². The Morgan fingerprint density at radius 2 is 1.67 bits per heavy atom. The van der Waals surface area contributed by atoms with Gasteiger partial charge in [-0.1, -0.05) is 12.2 Å². The van der Waals surface area contributed by atoms with E-state index in [0.29, 0.717) is 38.4 Å². The molecule has 0 spiro atoms. The van der Waals surface area contributed by atoms with Gasteiger partial charge in [-0.25, -0.2) is 4.90 Å². The number of carbonyl (C=O) groups is 2. The summed E-state index contributed by atoms with van der Waals surface area (Å²) in [7, 11) is 0. The molecule has 5 rings (SSSR count). The maximum Gasteiger partial charge on any atom is 0.294 e. The van der Waals surface area contributed by atoms with Crippen LogP contribution in [-0.4, -0.2) is 66.1 Å². The van der Waals surface area contributed by atoms with Gasteiger partial charge in [0.1, 0.15) is 5.69 Å². The highest BCUT2D eigenvalue weighted by molar-refractivity contribution is 6.23. The van der Waals surface area contributed by atoms with Crippen molar-refractivity contribution in [3.63, 3.8) is 0 Å². The summed E-state index contributed by atoms with van der Waals surface area (Å²) in [5, 5.41) is 20.9. The minimum absolute atomic E-state index is 0.0892. The molecule has 1 N–H and O–H groups in total. The number of nitro groups is 1. The smallest absolute Gasteiger partial charge is 0.294 e. The van der Waals surface area contributed by atoms with Crippen molar-refractivity contribution < 1.29 is 19.6 Å². The Hall–Kier alpha value is -2.78. The molecule has 30 heavy (non-hydrogen) atoms. The first-order valence-corrected chi connectivity index (χ1v) is 10.4. The van der Waals surface area contributed by atoms with Crippen LogP contribution in [-0.2, 0) is 9.59 Å². The molecule has 2 aliphatic heterocycles. The highest BCUT2D eigenvalue weighted by Crippen LogP contribution is 2.53. The minimum Gasteiger partial charge on any atom is -0.395 e. The largest absolute Gasteiger partial charge is 0.395 e. The van der Waals surface area contributed by atoms with E-state index < -0.39 is 4.92 Å². The Kier molecular flexibility index (Phi) is 4.59. The lowest BCUT2D eigenvalue weighted by Gasteiger charge is -2.35. The standard InChI is InChI=1S/C21H24N4O5/c26-10-9-22-5-7-23(8-6-22)16-4-3-15(12-17(16)25(29)30)24-20(27)18-13-1-2-14(11-13)19(18)21(24)28/h1-4,12-14,18-19,26H,5-11H2/t13-,14-,18+,19+/m0/s1. The monoisotopic (exact) mass is 412 g/mol. The van der Waals surface area contributed by atoms with E-state index in [1.165, 1.54) is 6.07 Å². The van der Waals surface area contributed by atoms with Crippen molar-refractivity contribution in [2.75, 3.05) is 49.1 Å². The number of nitro benzene ring substituents is 1. The lowest BCUT2D eigenvalue weighted by molar-refractivity contribution is -0.384. The van der Waals surface area contributed by atoms with E-state index >= 15 is 0 Å². The molecule has 2 aliphatic carbocycles. The molecule has 2 bridgehead atoms. The van der Waals surface area contributed by atoms with Gasteiger partial charge in [-0.2, -0.15) is 0 Å². The van der Waals surface area contributed by atoms with E-state index in [1.54, 1.807) is 12.1 Å². The third-order valence-electron chi connectivity index (χ3n) is 7.01. The third-order valence-corrected chi connectivity index (χ3v) is 7.01. The van der Waals surface area contributed by atoms with Crippen LogP contribution in [0, 0.1) is 33.8 Å². The molecule has 0 radical (unpaired) electrons. The number of fused-ring (bicyclic) bond motifs is 5. The molecule has 1 aromatic rings. The first-order chi connectivity index (χ1) is 14.5. The number of imide groups is 1. The normalized spacial score (nSPS) is 30.4. The molecular weight excluding hydrogens is 388 g/mol. The molecule has 9 heteroatoms. The van der Waals surface area contributed by atoms with E-state index in [2.05, 4.69) is 4.90 Å². The highest BCUT2D eigenvalue weighted by Gasteiger charge is 2.59. The van der Waals surface area contributed by atoms with Crippen molar-refractivity contribution in [1.82, 2.24) is 4.90 Å². The van der Waals surface area contributed by atoms with Gasteiger partial charge < -0.3 is 10.0 Å². The molecule has 3 fully saturated rings. The maximum absolute atomic E-state index is 13.0. The zero-order valence-electron chi connectivity index (χ0n) is 16.5. The Morgan fingerprint density at radius 3 is 2.23 bits per heavy atom. The van der Waals surface area contributed by atoms with Gasteiger partial charge in [-0.3, -0.25) is 24.6 Å². The van der Waals surface area contributed by atoms with Gasteiger partial charge in [0.15, 0.2) is 0 Å². The van der Waals surface area contributed by atoms with Crippen molar-refractivity contribution in [2.24, 2.45) is 23.7 Å². The van der Waals surface area contributed by atoms with E-state index in [0.717, 1.165) is 11.3 Å². The summed E-state index contributed by atoms with van der Waals surface area (Å²) >= 11 is 0. The first-order valence-electron chi connectivity index (χ1n) is 10.4. The van der Waals surface area contributed by atoms with Gasteiger partial charge in [0.05, 0.1) is 29.1 Å². The Labute approximate surface area is 173 Å². The summed E-state index contributed by atoms with van der Waals surface area (Å²) in [6.45, 7) is 3.32. The Morgan fingerprint density at radius 1 is 1.03 bits per heavy atom. The molecule has 4 atom stereocenters. The predicted octanol–water partition coefficient (Wildman–Crippen LogP) is 1.02. The molecular formula is C21H24N4O5. The Bertz CT molecular complexity index is 909. The number of β-amino-alcohol motifs (C(OH)–C–C–N with tert-alkyl or cyclic N) is 1. The number of rotatable bonds is 5. The fraction of sp³-hybridized carbons (Fsp3) is 0.524. The molecule has 1 aromatic carbocycles. The van der Waals surface area contributed by atoms with Crippen LogP contribution in [0.2, 0.25) is 0 Å². The molecule has 2 amide bonds. The lowest BCUT2D eigenvalue weighted by atomic mass is 9.85. The van der Waals surface area contributed by atoms with Crippen LogP contribution in [0.3, 0.4) is 0 Å². The van der Waals surface area contributed by atoms with E-state index in [1.807, 2.05) is 17.1 Å². The summed E-state index contributed by atoms with van der Waals surface area (Å²) in [6.07, 6.45) is 4.91. The number of carbonyl (C=O) groups excluding carboxylic acids is 2. The van der Waals surface area contributed by atoms with Crippen molar-refractivity contribution in [1.29, 1.82) is 0 Å². The van der Waals surface area contributed by atoms with Crippen LogP contribution >= 0.6 is 0 Å². The molecule has 2 heterocycles. The van der Waals surface area contributed by atoms with Gasteiger partial charge >= 0.3 is 0 Å². The van der Waals surface area contributed by atoms with Gasteiger partial charge in [0, 0.05) is 38.8 Å². The summed E-state index contributed by atoms with van der Waals surface area (Å²) in [5.41, 5.74) is 0.684. The first kappa shape index (κ1) is 19.2. The molecule has 4 aliphatic rings. The van der Waals surface area contributed by atoms with Crippen molar-refractivity contribution >= 4 is 28.9 Å². The molecule has 9 nitrogen and oxygen atoms in total. The lowest BCUT2D eigenvalue weighted by Crippen LogP contribution is -2.47. The summed E-state index contributed by atoms with van der Waals surface area (Å²) in [6, 6.07) is 4.66. The fourth-order valence-corrected chi connectivity index (χ4v) is 5.58. The summed E-state index contributed by atoms with van der Waals surface area (Å²) < 4.78 is 0. The van der Waals surface area contributed by atoms with Gasteiger partial charge in [-0.05, 0) is 30.4 Å². The predicted molar refractivity (Wildman–Crippen MR) is 109 cm³/mol. The van der Waals surface area contributed by atoms with Crippen LogP contribution < -0.4 is 9.80 Å². The molecule has 0 aromatic heterocycles. The van der Waals surface area contributed by atoms with E-state index in [4.69, 9.17) is 5.11 Å². The van der Waals surface area contributed by atoms with Gasteiger partial charge in [0.2, 0.25) is 11.8 Å². The second kappa shape index (κ2) is 7.17. The zero-order chi connectivity index (χ0) is 21.0. The van der Waals surface area contributed by atoms with Gasteiger partial charge in [0.25, 0.3) is 5.69 Å². The average Bonchev–Trinajstić information content (AvgIpc) is 3.42. The SMILES string of the molecule is O=C1[C@H]2[C@H](C(=O)N1c1ccc(N3CCN(CCO)CC3)c([N+](=O)[O-])c1)[C@H]1C=C[C@H]2C1. The number of amides is 2. The number of aliphatic hydroxyl groups excluding tert-OH is 1. The van der Waals surface area contributed by atoms with E-state index in [9.17, 15) is 19.7 Å². The highest BCUT2D eigenvalue weighted by atomic mass is 16.6. The molecule has 158 valence electrons. The van der Waals surface area contributed by atoms with Gasteiger partial charge in [-0.15, -0.1) is 0 Å². The molecule has 1 saturated carbocycles. The van der Waals surface area contributed by atoms with Crippen molar-refractivity contribution in [3.05, 3.63) is 40.5 Å². The molecule has 2 saturated heterocycles. The number of hydrogen-bond donors (Lipinski definition) is 1. The maximum atomic E-state index is 13.0. The quantitative estimate of drug-likeness (QED) is 0.333. The average molecular weight is 412 g/mol. The fourth-order valence-electron chi connectivity index (χ4n) is 5.58. The third kappa shape index (κ3) is 2.84. The van der Waals surface area contributed by atoms with Crippen molar-refractivity contribution in [3.8, 4) is 0 Å². The second-order valence-corrected chi connectivity index (χ2v) is 8.49. The number of allylic oxidation sites excluding steroid dienone is 2. The minimum atomic E-state index is -0.448. The number of aliphatic hydroxyl groups is 1. The van der Waals surface area contributed by atoms with Crippen LogP contribution in [0.25, 0.3) is 0 Å². The Balaban J connectivity index is 1.42. The number of piperazine rings is 1. The summed E-state index contributed by atoms with van der Waals surface area (Å²) in [5.74, 6) is -0.920. The zero-order valence-corrected chi connectivity index (χ0v) is 16.5. The number of benzene rings is 1.